The number of likely N-dealkylation sites (N-methyl/N-ethyl adjacent to an activating group) is 1. The second kappa shape index (κ2) is 14.7. The van der Waals surface area contributed by atoms with Crippen molar-refractivity contribution in [2.75, 3.05) is 40.0 Å². The molecule has 0 unspecified atom stereocenters. The normalized spacial score (nSPS) is 19.6. The van der Waals surface area contributed by atoms with E-state index in [4.69, 9.17) is 15.2 Å². The van der Waals surface area contributed by atoms with Gasteiger partial charge in [0.1, 0.15) is 24.4 Å². The number of carbonyl (C=O) groups is 5. The summed E-state index contributed by atoms with van der Waals surface area (Å²) in [5, 5.41) is 8.00. The Labute approximate surface area is 210 Å². The van der Waals surface area contributed by atoms with E-state index in [1.165, 1.54) is 4.90 Å². The third kappa shape index (κ3) is 9.17. The van der Waals surface area contributed by atoms with Crippen molar-refractivity contribution in [3.05, 3.63) is 29.8 Å². The largest absolute Gasteiger partial charge is 0.491 e. The highest BCUT2D eigenvalue weighted by atomic mass is 16.5. The monoisotopic (exact) mass is 505 g/mol. The first-order chi connectivity index (χ1) is 17.2. The number of amides is 5. The number of carbonyl (C=O) groups excluding carboxylic acids is 5. The summed E-state index contributed by atoms with van der Waals surface area (Å²) in [6, 6.07) is 4.56. The number of primary amides is 1. The van der Waals surface area contributed by atoms with Gasteiger partial charge in [-0.1, -0.05) is 12.1 Å². The minimum Gasteiger partial charge on any atom is -0.491 e. The van der Waals surface area contributed by atoms with E-state index in [2.05, 4.69) is 16.0 Å². The van der Waals surface area contributed by atoms with Crippen LogP contribution in [0.1, 0.15) is 43.0 Å². The van der Waals surface area contributed by atoms with E-state index in [1.54, 1.807) is 31.3 Å². The zero-order valence-electron chi connectivity index (χ0n) is 20.7. The van der Waals surface area contributed by atoms with Crippen LogP contribution in [-0.2, 0) is 23.9 Å². The zero-order chi connectivity index (χ0) is 26.5. The molecule has 0 fully saturated rings. The van der Waals surface area contributed by atoms with Crippen LogP contribution in [0.4, 0.5) is 0 Å². The molecule has 0 saturated heterocycles. The average molecular weight is 506 g/mol. The van der Waals surface area contributed by atoms with Crippen molar-refractivity contribution >= 4 is 29.5 Å². The molecule has 1 aromatic rings. The summed E-state index contributed by atoms with van der Waals surface area (Å²) < 4.78 is 11.0. The van der Waals surface area contributed by atoms with E-state index in [0.29, 0.717) is 19.0 Å². The van der Waals surface area contributed by atoms with E-state index < -0.39 is 41.6 Å². The maximum atomic E-state index is 13.0. The highest BCUT2D eigenvalue weighted by molar-refractivity contribution is 5.99. The lowest BCUT2D eigenvalue weighted by molar-refractivity contribution is -0.136. The predicted octanol–water partition coefficient (Wildman–Crippen LogP) is -0.681. The van der Waals surface area contributed by atoms with Gasteiger partial charge >= 0.3 is 0 Å². The van der Waals surface area contributed by atoms with Gasteiger partial charge in [0.25, 0.3) is 5.91 Å². The molecule has 36 heavy (non-hydrogen) atoms. The fourth-order valence-corrected chi connectivity index (χ4v) is 3.55. The van der Waals surface area contributed by atoms with Gasteiger partial charge in [-0.15, -0.1) is 0 Å². The Bertz CT molecular complexity index is 939. The molecule has 198 valence electrons. The summed E-state index contributed by atoms with van der Waals surface area (Å²) in [5.74, 6) is -2.22. The van der Waals surface area contributed by atoms with Crippen molar-refractivity contribution in [1.29, 1.82) is 0 Å². The Hall–Kier alpha value is -3.67. The SMILES string of the molecule is CCOCCNC(=O)[C@@H]1CCC(=O)N[C@@H](CCC(N)=O)C(=O)N(C)CCOc2ccccc2C(=O)N1. The zero-order valence-corrected chi connectivity index (χ0v) is 20.7. The minimum atomic E-state index is -1.02. The molecule has 1 aromatic carbocycles. The first-order valence-electron chi connectivity index (χ1n) is 11.9. The summed E-state index contributed by atoms with van der Waals surface area (Å²) in [7, 11) is 1.55. The van der Waals surface area contributed by atoms with Crippen molar-refractivity contribution in [2.24, 2.45) is 5.73 Å². The van der Waals surface area contributed by atoms with Crippen molar-refractivity contribution in [3.63, 3.8) is 0 Å². The van der Waals surface area contributed by atoms with Crippen LogP contribution in [0.2, 0.25) is 0 Å². The molecule has 2 rings (SSSR count). The number of nitrogens with zero attached hydrogens (tertiary/aromatic N) is 1. The topological polar surface area (TPSA) is 169 Å². The first kappa shape index (κ1) is 28.6. The molecule has 12 heteroatoms. The van der Waals surface area contributed by atoms with Crippen LogP contribution in [0.5, 0.6) is 5.75 Å². The molecule has 0 aromatic heterocycles. The molecular formula is C24H35N5O7. The summed E-state index contributed by atoms with van der Waals surface area (Å²) in [5.41, 5.74) is 5.45. The summed E-state index contributed by atoms with van der Waals surface area (Å²) in [4.78, 5) is 64.1. The van der Waals surface area contributed by atoms with Crippen LogP contribution in [0.25, 0.3) is 0 Å². The number of para-hydroxylation sites is 1. The van der Waals surface area contributed by atoms with Crippen molar-refractivity contribution < 1.29 is 33.4 Å². The maximum absolute atomic E-state index is 13.0. The van der Waals surface area contributed by atoms with Gasteiger partial charge in [-0.05, 0) is 31.9 Å². The van der Waals surface area contributed by atoms with Crippen LogP contribution < -0.4 is 26.4 Å². The third-order valence-electron chi connectivity index (χ3n) is 5.54. The number of fused-ring (bicyclic) bond motifs is 1. The van der Waals surface area contributed by atoms with Crippen LogP contribution in [-0.4, -0.2) is 86.5 Å². The summed E-state index contributed by atoms with van der Waals surface area (Å²) in [6.45, 7) is 3.11. The van der Waals surface area contributed by atoms with Crippen LogP contribution in [0.3, 0.4) is 0 Å². The molecule has 5 N–H and O–H groups in total. The standard InChI is InChI=1S/C24H35N5O7/c1-3-35-14-12-26-23(33)17-9-11-21(31)27-18(8-10-20(25)30)24(34)29(2)13-15-36-19-7-5-4-6-16(19)22(32)28-17/h4-7,17-18H,3,8-15H2,1-2H3,(H2,25,30)(H,26,33)(H,27,31)(H,28,32)/t17-,18-/m0/s1. The number of ether oxygens (including phenoxy) is 2. The molecule has 1 aliphatic rings. The molecule has 2 atom stereocenters. The van der Waals surface area contributed by atoms with Crippen molar-refractivity contribution in [3.8, 4) is 5.75 Å². The number of benzene rings is 1. The number of nitrogens with two attached hydrogens (primary N) is 1. The number of rotatable bonds is 8. The minimum absolute atomic E-state index is 0.0202. The fraction of sp³-hybridized carbons (Fsp3) is 0.542. The summed E-state index contributed by atoms with van der Waals surface area (Å²) in [6.07, 6.45) is -0.221. The van der Waals surface area contributed by atoms with Gasteiger partial charge in [0.2, 0.25) is 23.6 Å². The number of hydrogen-bond acceptors (Lipinski definition) is 7. The Morgan fingerprint density at radius 2 is 1.97 bits per heavy atom. The van der Waals surface area contributed by atoms with Gasteiger partial charge in [-0.25, -0.2) is 0 Å². The van der Waals surface area contributed by atoms with E-state index in [-0.39, 0.29) is 50.9 Å². The highest BCUT2D eigenvalue weighted by Crippen LogP contribution is 2.18. The van der Waals surface area contributed by atoms with E-state index in [1.807, 2.05) is 6.92 Å². The molecule has 0 aliphatic carbocycles. The van der Waals surface area contributed by atoms with Gasteiger partial charge in [0.05, 0.1) is 18.7 Å². The molecule has 0 spiro atoms. The van der Waals surface area contributed by atoms with Crippen LogP contribution in [0.15, 0.2) is 24.3 Å². The molecule has 5 amide bonds. The molecule has 0 bridgehead atoms. The second-order valence-corrected chi connectivity index (χ2v) is 8.28. The number of hydrogen-bond donors (Lipinski definition) is 4. The lowest BCUT2D eigenvalue weighted by Gasteiger charge is -2.24. The van der Waals surface area contributed by atoms with Gasteiger partial charge in [0, 0.05) is 33.0 Å². The summed E-state index contributed by atoms with van der Waals surface area (Å²) >= 11 is 0. The Morgan fingerprint density at radius 1 is 1.22 bits per heavy atom. The second-order valence-electron chi connectivity index (χ2n) is 8.28. The van der Waals surface area contributed by atoms with Gasteiger partial charge in [-0.2, -0.15) is 0 Å². The molecular weight excluding hydrogens is 470 g/mol. The number of nitrogens with one attached hydrogen (secondary N) is 3. The predicted molar refractivity (Wildman–Crippen MR) is 130 cm³/mol. The van der Waals surface area contributed by atoms with E-state index in [9.17, 15) is 24.0 Å². The van der Waals surface area contributed by atoms with E-state index >= 15 is 0 Å². The van der Waals surface area contributed by atoms with Crippen LogP contribution in [0, 0.1) is 0 Å². The van der Waals surface area contributed by atoms with Gasteiger partial charge < -0.3 is 36.1 Å². The molecule has 1 aliphatic heterocycles. The molecule has 12 nitrogen and oxygen atoms in total. The molecule has 0 saturated carbocycles. The van der Waals surface area contributed by atoms with Crippen LogP contribution >= 0.6 is 0 Å². The van der Waals surface area contributed by atoms with E-state index in [0.717, 1.165) is 0 Å². The molecule has 0 radical (unpaired) electrons. The fourth-order valence-electron chi connectivity index (χ4n) is 3.55. The third-order valence-corrected chi connectivity index (χ3v) is 5.54. The van der Waals surface area contributed by atoms with Crippen molar-refractivity contribution in [1.82, 2.24) is 20.9 Å². The van der Waals surface area contributed by atoms with Crippen molar-refractivity contribution in [2.45, 2.75) is 44.7 Å². The average Bonchev–Trinajstić information content (AvgIpc) is 2.85. The molecule has 1 heterocycles. The van der Waals surface area contributed by atoms with Gasteiger partial charge in [-0.3, -0.25) is 24.0 Å². The smallest absolute Gasteiger partial charge is 0.255 e. The highest BCUT2D eigenvalue weighted by Gasteiger charge is 2.28. The van der Waals surface area contributed by atoms with Gasteiger partial charge in [0.15, 0.2) is 0 Å². The lowest BCUT2D eigenvalue weighted by Crippen LogP contribution is -2.50. The Balaban J connectivity index is 2.27. The first-order valence-corrected chi connectivity index (χ1v) is 11.9. The Kier molecular flexibility index (Phi) is 11.6. The quantitative estimate of drug-likeness (QED) is 0.339. The maximum Gasteiger partial charge on any atom is 0.255 e. The lowest BCUT2D eigenvalue weighted by atomic mass is 10.1. The Morgan fingerprint density at radius 3 is 2.69 bits per heavy atom.